The summed E-state index contributed by atoms with van der Waals surface area (Å²) in [4.78, 5) is 37.3. The molecule has 1 aliphatic rings. The summed E-state index contributed by atoms with van der Waals surface area (Å²) in [5.74, 6) is -4.24. The van der Waals surface area contributed by atoms with E-state index in [1.54, 1.807) is 27.7 Å². The number of amides is 1. The third-order valence-corrected chi connectivity index (χ3v) is 4.99. The number of carbonyl (C=O) groups is 3. The van der Waals surface area contributed by atoms with E-state index in [-0.39, 0.29) is 30.9 Å². The fourth-order valence-corrected chi connectivity index (χ4v) is 3.61. The van der Waals surface area contributed by atoms with Crippen molar-refractivity contribution < 1.29 is 37.0 Å². The molecular weight excluding hydrogens is 429 g/mol. The molecule has 1 amide bonds. The van der Waals surface area contributed by atoms with Gasteiger partial charge in [0.25, 0.3) is 0 Å². The van der Waals surface area contributed by atoms with Crippen molar-refractivity contribution in [2.75, 3.05) is 31.3 Å². The molecule has 178 valence electrons. The number of nitrogens with one attached hydrogen (secondary N) is 1. The van der Waals surface area contributed by atoms with Crippen LogP contribution in [0.15, 0.2) is 6.07 Å². The first kappa shape index (κ1) is 25.5. The van der Waals surface area contributed by atoms with Crippen molar-refractivity contribution in [1.29, 1.82) is 0 Å². The molecule has 2 atom stereocenters. The van der Waals surface area contributed by atoms with Gasteiger partial charge in [0.1, 0.15) is 23.7 Å². The Morgan fingerprint density at radius 2 is 1.88 bits per heavy atom. The molecule has 1 aliphatic heterocycles. The molecule has 1 N–H and O–H groups in total. The molecule has 1 aromatic carbocycles. The van der Waals surface area contributed by atoms with Gasteiger partial charge in [-0.25, -0.2) is 13.6 Å². The summed E-state index contributed by atoms with van der Waals surface area (Å²) in [7, 11) is 0. The van der Waals surface area contributed by atoms with Gasteiger partial charge in [0.05, 0.1) is 30.6 Å². The predicted molar refractivity (Wildman–Crippen MR) is 112 cm³/mol. The number of benzene rings is 1. The number of alkyl halides is 1. The largest absolute Gasteiger partial charge is 0.466 e. The van der Waals surface area contributed by atoms with E-state index in [1.165, 1.54) is 11.8 Å². The highest BCUT2D eigenvalue weighted by molar-refractivity contribution is 6.06. The molecule has 10 heteroatoms. The smallest absolute Gasteiger partial charge is 0.407 e. The average Bonchev–Trinajstić information content (AvgIpc) is 3.05. The number of carbonyl (C=O) groups excluding carboxylic acids is 3. The molecule has 7 nitrogen and oxygen atoms in total. The maximum Gasteiger partial charge on any atom is 0.407 e. The van der Waals surface area contributed by atoms with Crippen molar-refractivity contribution in [3.63, 3.8) is 0 Å². The normalized spacial score (nSPS) is 18.4. The minimum Gasteiger partial charge on any atom is -0.466 e. The number of ether oxygens (including phenoxy) is 2. The Morgan fingerprint density at radius 3 is 2.44 bits per heavy atom. The van der Waals surface area contributed by atoms with Crippen LogP contribution in [0, 0.1) is 24.5 Å². The fraction of sp³-hybridized carbons (Fsp3) is 0.591. The van der Waals surface area contributed by atoms with Crippen LogP contribution in [0.2, 0.25) is 0 Å². The van der Waals surface area contributed by atoms with Gasteiger partial charge in [0, 0.05) is 24.6 Å². The highest BCUT2D eigenvalue weighted by Gasteiger charge is 2.37. The van der Waals surface area contributed by atoms with Crippen molar-refractivity contribution in [1.82, 2.24) is 5.32 Å². The van der Waals surface area contributed by atoms with Crippen LogP contribution in [-0.2, 0) is 14.3 Å². The lowest BCUT2D eigenvalue weighted by molar-refractivity contribution is -0.141. The lowest BCUT2D eigenvalue weighted by Gasteiger charge is -2.24. The summed E-state index contributed by atoms with van der Waals surface area (Å²) >= 11 is 0. The number of alkyl carbamates (subject to hydrolysis) is 1. The van der Waals surface area contributed by atoms with Crippen LogP contribution in [0.3, 0.4) is 0 Å². The Hall–Kier alpha value is -2.78. The van der Waals surface area contributed by atoms with Gasteiger partial charge in [-0.3, -0.25) is 14.0 Å². The first-order valence-corrected chi connectivity index (χ1v) is 10.4. The molecule has 0 radical (unpaired) electrons. The number of Topliss-reactive ketones (excluding diaryl/α,β-unsaturated/α-hetero) is 1. The van der Waals surface area contributed by atoms with Crippen molar-refractivity contribution in [2.24, 2.45) is 5.92 Å². The maximum absolute atomic E-state index is 14.9. The van der Waals surface area contributed by atoms with Crippen LogP contribution in [0.4, 0.5) is 23.7 Å². The van der Waals surface area contributed by atoms with E-state index in [0.29, 0.717) is 0 Å². The zero-order chi connectivity index (χ0) is 24.2. The monoisotopic (exact) mass is 458 g/mol. The van der Waals surface area contributed by atoms with Gasteiger partial charge in [0.2, 0.25) is 0 Å². The SMILES string of the molecule is CCOC(=O)CC(=O)c1cc(F)c(N2C[C@H](CF)[C@H](NC(=O)OC(C)(C)C)C2)c(C)c1F. The second-order valence-electron chi connectivity index (χ2n) is 8.67. The number of hydrogen-bond acceptors (Lipinski definition) is 6. The topological polar surface area (TPSA) is 84.9 Å². The maximum atomic E-state index is 14.9. The van der Waals surface area contributed by atoms with Crippen LogP contribution in [0.25, 0.3) is 0 Å². The van der Waals surface area contributed by atoms with Gasteiger partial charge in [-0.2, -0.15) is 0 Å². The van der Waals surface area contributed by atoms with Crippen LogP contribution < -0.4 is 10.2 Å². The molecular formula is C22H29F3N2O5. The Morgan fingerprint density at radius 1 is 1.22 bits per heavy atom. The molecule has 1 aromatic rings. The van der Waals surface area contributed by atoms with Crippen LogP contribution in [0.1, 0.15) is 50.0 Å². The molecule has 2 rings (SSSR count). The van der Waals surface area contributed by atoms with Gasteiger partial charge < -0.3 is 19.7 Å². The van der Waals surface area contributed by atoms with Crippen molar-refractivity contribution >= 4 is 23.5 Å². The summed E-state index contributed by atoms with van der Waals surface area (Å²) in [6, 6.07) is 0.0556. The van der Waals surface area contributed by atoms with Crippen LogP contribution in [0.5, 0.6) is 0 Å². The molecule has 0 aromatic heterocycles. The van der Waals surface area contributed by atoms with E-state index < -0.39 is 65.7 Å². The summed E-state index contributed by atoms with van der Waals surface area (Å²) in [6.07, 6.45) is -1.44. The van der Waals surface area contributed by atoms with Gasteiger partial charge in [-0.1, -0.05) is 0 Å². The summed E-state index contributed by atoms with van der Waals surface area (Å²) in [5, 5.41) is 2.59. The van der Waals surface area contributed by atoms with E-state index in [9.17, 15) is 27.6 Å². The van der Waals surface area contributed by atoms with Crippen LogP contribution in [-0.4, -0.2) is 55.9 Å². The van der Waals surface area contributed by atoms with Crippen molar-refractivity contribution in [3.05, 3.63) is 28.8 Å². The van der Waals surface area contributed by atoms with E-state index in [2.05, 4.69) is 10.1 Å². The zero-order valence-corrected chi connectivity index (χ0v) is 18.9. The summed E-state index contributed by atoms with van der Waals surface area (Å²) in [5.41, 5.74) is -1.57. The number of anilines is 1. The highest BCUT2D eigenvalue weighted by atomic mass is 19.1. The fourth-order valence-electron chi connectivity index (χ4n) is 3.61. The third-order valence-electron chi connectivity index (χ3n) is 4.99. The minimum atomic E-state index is -0.962. The summed E-state index contributed by atoms with van der Waals surface area (Å²) in [6.45, 7) is 7.26. The van der Waals surface area contributed by atoms with E-state index in [0.717, 1.165) is 6.07 Å². The standard InChI is InChI=1S/C22H29F3N2O5/c1-6-31-18(29)8-17(28)14-7-15(24)20(12(2)19(14)25)27-10-13(9-23)16(11-27)26-21(30)32-22(3,4)5/h7,13,16H,6,8-11H2,1-5H3,(H,26,30)/t13-,16+/m0/s1. The first-order chi connectivity index (χ1) is 14.9. The molecule has 1 heterocycles. The zero-order valence-electron chi connectivity index (χ0n) is 18.9. The molecule has 0 spiro atoms. The lowest BCUT2D eigenvalue weighted by Crippen LogP contribution is -2.43. The molecule has 32 heavy (non-hydrogen) atoms. The molecule has 0 aliphatic carbocycles. The highest BCUT2D eigenvalue weighted by Crippen LogP contribution is 2.33. The number of halogens is 3. The Balaban J connectivity index is 2.24. The molecule has 1 fully saturated rings. The van der Waals surface area contributed by atoms with Gasteiger partial charge in [0.15, 0.2) is 5.78 Å². The molecule has 1 saturated heterocycles. The summed E-state index contributed by atoms with van der Waals surface area (Å²) < 4.78 is 53.3. The number of nitrogens with zero attached hydrogens (tertiary/aromatic N) is 1. The number of ketones is 1. The minimum absolute atomic E-state index is 0.0289. The Kier molecular flexibility index (Phi) is 8.14. The van der Waals surface area contributed by atoms with E-state index in [4.69, 9.17) is 4.74 Å². The van der Waals surface area contributed by atoms with E-state index in [1.807, 2.05) is 0 Å². The first-order valence-electron chi connectivity index (χ1n) is 10.4. The quantitative estimate of drug-likeness (QED) is 0.381. The average molecular weight is 458 g/mol. The molecule has 0 bridgehead atoms. The van der Waals surface area contributed by atoms with Gasteiger partial charge in [-0.15, -0.1) is 0 Å². The van der Waals surface area contributed by atoms with Crippen molar-refractivity contribution in [3.8, 4) is 0 Å². The Bertz CT molecular complexity index is 885. The second-order valence-corrected chi connectivity index (χ2v) is 8.67. The van der Waals surface area contributed by atoms with Gasteiger partial charge in [-0.05, 0) is 40.7 Å². The number of hydrogen-bond donors (Lipinski definition) is 1. The van der Waals surface area contributed by atoms with Gasteiger partial charge >= 0.3 is 12.1 Å². The van der Waals surface area contributed by atoms with E-state index >= 15 is 0 Å². The van der Waals surface area contributed by atoms with Crippen molar-refractivity contribution in [2.45, 2.75) is 52.7 Å². The predicted octanol–water partition coefficient (Wildman–Crippen LogP) is 3.71. The number of rotatable bonds is 7. The Labute approximate surface area is 185 Å². The molecule has 0 saturated carbocycles. The lowest BCUT2D eigenvalue weighted by atomic mass is 10.0. The second kappa shape index (κ2) is 10.2. The van der Waals surface area contributed by atoms with Crippen LogP contribution >= 0.6 is 0 Å². The number of esters is 1. The third kappa shape index (κ3) is 6.14. The molecule has 0 unspecified atom stereocenters.